The Bertz CT molecular complexity index is 1270. The van der Waals surface area contributed by atoms with Crippen molar-refractivity contribution in [2.45, 2.75) is 6.92 Å². The van der Waals surface area contributed by atoms with Gasteiger partial charge < -0.3 is 20.4 Å². The van der Waals surface area contributed by atoms with E-state index in [0.29, 0.717) is 34.1 Å². The minimum absolute atomic E-state index is 0.293. The van der Waals surface area contributed by atoms with Crippen LogP contribution in [0.2, 0.25) is 5.02 Å². The summed E-state index contributed by atoms with van der Waals surface area (Å²) in [4.78, 5) is 12.3. The summed E-state index contributed by atoms with van der Waals surface area (Å²) < 4.78 is 18.8. The summed E-state index contributed by atoms with van der Waals surface area (Å²) in [5.41, 5.74) is 3.16. The normalized spacial score (nSPS) is 11.4. The van der Waals surface area contributed by atoms with Crippen molar-refractivity contribution in [1.29, 1.82) is 0 Å². The van der Waals surface area contributed by atoms with Crippen molar-refractivity contribution in [1.82, 2.24) is 15.3 Å². The zero-order valence-corrected chi connectivity index (χ0v) is 18.6. The first-order valence-corrected chi connectivity index (χ1v) is 10.5. The van der Waals surface area contributed by atoms with Crippen molar-refractivity contribution in [3.05, 3.63) is 83.4 Å². The van der Waals surface area contributed by atoms with Gasteiger partial charge in [0.15, 0.2) is 10.9 Å². The number of nitrogens with one attached hydrogen (secondary N) is 3. The Morgan fingerprint density at radius 2 is 1.81 bits per heavy atom. The first kappa shape index (κ1) is 21.7. The molecule has 6 nitrogen and oxygen atoms in total. The third-order valence-electron chi connectivity index (χ3n) is 4.50. The number of hydrogen-bond acceptors (Lipinski definition) is 4. The minimum Gasteiger partial charge on any atom is -0.457 e. The second-order valence-corrected chi connectivity index (χ2v) is 7.70. The van der Waals surface area contributed by atoms with Gasteiger partial charge in [-0.1, -0.05) is 11.6 Å². The van der Waals surface area contributed by atoms with Crippen molar-refractivity contribution >= 4 is 51.4 Å². The molecule has 0 atom stereocenters. The molecule has 0 spiro atoms. The zero-order chi connectivity index (χ0) is 22.5. The number of nitrogens with zero attached hydrogens (tertiary/aromatic N) is 2. The van der Waals surface area contributed by atoms with E-state index in [1.165, 1.54) is 12.1 Å². The molecule has 4 aromatic rings. The lowest BCUT2D eigenvalue weighted by atomic mass is 10.3. The molecule has 9 heteroatoms. The van der Waals surface area contributed by atoms with E-state index < -0.39 is 0 Å². The maximum atomic E-state index is 13.1. The number of aromatic nitrogens is 2. The molecule has 1 aromatic heterocycles. The number of thiocarbonyl (C=S) groups is 1. The van der Waals surface area contributed by atoms with Gasteiger partial charge in [-0.2, -0.15) is 0 Å². The second-order valence-electron chi connectivity index (χ2n) is 6.86. The zero-order valence-electron chi connectivity index (χ0n) is 17.0. The fourth-order valence-electron chi connectivity index (χ4n) is 2.87. The molecule has 3 N–H and O–H groups in total. The van der Waals surface area contributed by atoms with Gasteiger partial charge in [-0.15, -0.1) is 0 Å². The van der Waals surface area contributed by atoms with Crippen LogP contribution in [-0.4, -0.2) is 27.5 Å². The van der Waals surface area contributed by atoms with Gasteiger partial charge in [0, 0.05) is 16.8 Å². The molecule has 0 amide bonds. The first-order chi connectivity index (χ1) is 15.5. The van der Waals surface area contributed by atoms with Crippen LogP contribution in [-0.2, 0) is 0 Å². The number of benzene rings is 3. The van der Waals surface area contributed by atoms with Gasteiger partial charge in [0.1, 0.15) is 24.0 Å². The maximum Gasteiger partial charge on any atom is 0.172 e. The Hall–Kier alpha value is -3.49. The van der Waals surface area contributed by atoms with Gasteiger partial charge in [-0.25, -0.2) is 9.37 Å². The third kappa shape index (κ3) is 5.60. The average molecular weight is 468 g/mol. The highest BCUT2D eigenvalue weighted by atomic mass is 35.5. The molecular formula is C23H19ClFN5OS. The first-order valence-electron chi connectivity index (χ1n) is 9.71. The monoisotopic (exact) mass is 467 g/mol. The summed E-state index contributed by atoms with van der Waals surface area (Å²) in [7, 11) is 0. The van der Waals surface area contributed by atoms with Crippen molar-refractivity contribution in [3.8, 4) is 11.5 Å². The van der Waals surface area contributed by atoms with Gasteiger partial charge in [0.25, 0.3) is 0 Å². The van der Waals surface area contributed by atoms with Crippen LogP contribution in [0.3, 0.4) is 0 Å². The molecule has 0 unspecified atom stereocenters. The van der Waals surface area contributed by atoms with Crippen LogP contribution in [0.5, 0.6) is 11.5 Å². The molecule has 3 aromatic carbocycles. The lowest BCUT2D eigenvalue weighted by Crippen LogP contribution is -2.28. The van der Waals surface area contributed by atoms with E-state index in [4.69, 9.17) is 28.6 Å². The quantitative estimate of drug-likeness (QED) is 0.243. The number of imidazole rings is 1. The highest BCUT2D eigenvalue weighted by Crippen LogP contribution is 2.25. The number of aliphatic imine (C=N–C) groups is 1. The standard InChI is InChI=1S/C23H19ClFN5OS/c1-14(26-13-27-23(32)28-17-6-2-15(24)3-7-17)22-29-20-11-10-19(12-21(20)30-22)31-18-8-4-16(25)5-9-18/h2-12H,13H2,1H3,(H,29,30)(H2,27,28,32)/b26-14+. The lowest BCUT2D eigenvalue weighted by molar-refractivity contribution is 0.481. The molecule has 0 aliphatic heterocycles. The molecule has 0 aliphatic rings. The van der Waals surface area contributed by atoms with E-state index in [0.717, 1.165) is 22.4 Å². The highest BCUT2D eigenvalue weighted by Gasteiger charge is 2.08. The molecule has 4 rings (SSSR count). The predicted molar refractivity (Wildman–Crippen MR) is 130 cm³/mol. The summed E-state index contributed by atoms with van der Waals surface area (Å²) >= 11 is 11.2. The summed E-state index contributed by atoms with van der Waals surface area (Å²) in [5.74, 6) is 1.50. The van der Waals surface area contributed by atoms with Crippen molar-refractivity contribution in [2.75, 3.05) is 12.0 Å². The van der Waals surface area contributed by atoms with Crippen LogP contribution in [0, 0.1) is 5.82 Å². The predicted octanol–water partition coefficient (Wildman–Crippen LogP) is 5.90. The van der Waals surface area contributed by atoms with Gasteiger partial charge in [-0.05, 0) is 79.8 Å². The molecule has 1 heterocycles. The van der Waals surface area contributed by atoms with Crippen LogP contribution >= 0.6 is 23.8 Å². The molecule has 32 heavy (non-hydrogen) atoms. The summed E-state index contributed by atoms with van der Waals surface area (Å²) in [6.07, 6.45) is 0. The Balaban J connectivity index is 1.37. The van der Waals surface area contributed by atoms with E-state index in [1.807, 2.05) is 37.3 Å². The Kier molecular flexibility index (Phi) is 6.63. The molecular weight excluding hydrogens is 449 g/mol. The van der Waals surface area contributed by atoms with Crippen LogP contribution in [0.1, 0.15) is 12.7 Å². The number of rotatable bonds is 6. The summed E-state index contributed by atoms with van der Waals surface area (Å²) in [6, 6.07) is 18.6. The van der Waals surface area contributed by atoms with Gasteiger partial charge in [-0.3, -0.25) is 4.99 Å². The third-order valence-corrected chi connectivity index (χ3v) is 5.00. The highest BCUT2D eigenvalue weighted by molar-refractivity contribution is 7.80. The Labute approximate surface area is 194 Å². The average Bonchev–Trinajstić information content (AvgIpc) is 3.20. The fraction of sp³-hybridized carbons (Fsp3) is 0.0870. The fourth-order valence-corrected chi connectivity index (χ4v) is 3.18. The molecule has 0 fully saturated rings. The Morgan fingerprint density at radius 3 is 2.56 bits per heavy atom. The molecule has 0 saturated carbocycles. The SMILES string of the molecule is C/C(=N\CNC(=S)Nc1ccc(Cl)cc1)c1nc2cc(Oc3ccc(F)cc3)ccc2[nH]1. The van der Waals surface area contributed by atoms with Crippen LogP contribution in [0.4, 0.5) is 10.1 Å². The van der Waals surface area contributed by atoms with Crippen LogP contribution < -0.4 is 15.4 Å². The van der Waals surface area contributed by atoms with Gasteiger partial charge in [0.2, 0.25) is 0 Å². The lowest BCUT2D eigenvalue weighted by Gasteiger charge is -2.09. The molecule has 0 bridgehead atoms. The molecule has 0 aliphatic carbocycles. The number of halogens is 2. The van der Waals surface area contributed by atoms with E-state index in [1.54, 1.807) is 24.3 Å². The second kappa shape index (κ2) is 9.76. The Morgan fingerprint density at radius 1 is 1.09 bits per heavy atom. The van der Waals surface area contributed by atoms with Crippen molar-refractivity contribution in [2.24, 2.45) is 4.99 Å². The van der Waals surface area contributed by atoms with E-state index in [9.17, 15) is 4.39 Å². The summed E-state index contributed by atoms with van der Waals surface area (Å²) in [5, 5.41) is 7.22. The van der Waals surface area contributed by atoms with Gasteiger partial charge >= 0.3 is 0 Å². The largest absolute Gasteiger partial charge is 0.457 e. The number of ether oxygens (including phenoxy) is 1. The van der Waals surface area contributed by atoms with Crippen molar-refractivity contribution < 1.29 is 9.13 Å². The van der Waals surface area contributed by atoms with Crippen molar-refractivity contribution in [3.63, 3.8) is 0 Å². The number of fused-ring (bicyclic) bond motifs is 1. The van der Waals surface area contributed by atoms with Crippen LogP contribution in [0.15, 0.2) is 71.7 Å². The van der Waals surface area contributed by atoms with Crippen LogP contribution in [0.25, 0.3) is 11.0 Å². The number of anilines is 1. The number of aromatic amines is 1. The van der Waals surface area contributed by atoms with Gasteiger partial charge in [0.05, 0.1) is 16.7 Å². The van der Waals surface area contributed by atoms with E-state index in [2.05, 4.69) is 25.6 Å². The van der Waals surface area contributed by atoms with E-state index >= 15 is 0 Å². The number of hydrogen-bond donors (Lipinski definition) is 3. The van der Waals surface area contributed by atoms with E-state index in [-0.39, 0.29) is 5.82 Å². The molecule has 0 saturated heterocycles. The maximum absolute atomic E-state index is 13.1. The smallest absolute Gasteiger partial charge is 0.172 e. The molecule has 0 radical (unpaired) electrons. The molecule has 162 valence electrons. The topological polar surface area (TPSA) is 74.3 Å². The number of H-pyrrole nitrogens is 1. The summed E-state index contributed by atoms with van der Waals surface area (Å²) in [6.45, 7) is 2.16. The minimum atomic E-state index is -0.310.